The van der Waals surface area contributed by atoms with E-state index in [1.54, 1.807) is 0 Å². The van der Waals surface area contributed by atoms with Crippen molar-refractivity contribution in [2.75, 3.05) is 24.5 Å². The molecular weight excluding hydrogens is 366 g/mol. The summed E-state index contributed by atoms with van der Waals surface area (Å²) < 4.78 is 3.41. The first-order valence-corrected chi connectivity index (χ1v) is 9.84. The Kier molecular flexibility index (Phi) is 4.09. The van der Waals surface area contributed by atoms with Gasteiger partial charge in [0, 0.05) is 43.1 Å². The molecule has 0 aromatic carbocycles. The van der Waals surface area contributed by atoms with Crippen molar-refractivity contribution in [1.29, 1.82) is 0 Å². The third-order valence-corrected chi connectivity index (χ3v) is 5.39. The number of piperazine rings is 1. The number of aryl methyl sites for hydroxylation is 2. The second kappa shape index (κ2) is 6.66. The molecule has 148 valence electrons. The van der Waals surface area contributed by atoms with Gasteiger partial charge in [-0.25, -0.2) is 18.7 Å². The predicted octanol–water partition coefficient (Wildman–Crippen LogP) is 1.82. The van der Waals surface area contributed by atoms with Gasteiger partial charge in [-0.3, -0.25) is 0 Å². The first-order chi connectivity index (χ1) is 14.0. The van der Waals surface area contributed by atoms with Crippen molar-refractivity contribution in [3.8, 4) is 11.4 Å². The molecule has 4 aromatic rings. The minimum absolute atomic E-state index is 0.322. The Hall–Kier alpha value is -3.26. The van der Waals surface area contributed by atoms with Gasteiger partial charge >= 0.3 is 5.69 Å². The van der Waals surface area contributed by atoms with E-state index in [1.165, 1.54) is 4.40 Å². The molecule has 4 aromatic heterocycles. The second-order valence-corrected chi connectivity index (χ2v) is 7.75. The van der Waals surface area contributed by atoms with Crippen molar-refractivity contribution in [2.45, 2.75) is 26.8 Å². The summed E-state index contributed by atoms with van der Waals surface area (Å²) >= 11 is 0. The molecule has 0 saturated carbocycles. The van der Waals surface area contributed by atoms with Crippen LogP contribution in [0.3, 0.4) is 0 Å². The van der Waals surface area contributed by atoms with Crippen LogP contribution in [0.5, 0.6) is 0 Å². The molecule has 1 atom stereocenters. The lowest BCUT2D eigenvalue weighted by Crippen LogP contribution is -2.49. The molecule has 0 amide bonds. The van der Waals surface area contributed by atoms with Crippen molar-refractivity contribution >= 4 is 16.9 Å². The van der Waals surface area contributed by atoms with Crippen molar-refractivity contribution in [2.24, 2.45) is 0 Å². The van der Waals surface area contributed by atoms with Crippen LogP contribution in [-0.2, 0) is 0 Å². The van der Waals surface area contributed by atoms with Gasteiger partial charge in [0.15, 0.2) is 5.82 Å². The zero-order chi connectivity index (χ0) is 20.1. The molecule has 0 bridgehead atoms. The molecule has 8 nitrogen and oxygen atoms in total. The Morgan fingerprint density at radius 2 is 2.00 bits per heavy atom. The van der Waals surface area contributed by atoms with E-state index in [1.807, 2.05) is 54.9 Å². The highest BCUT2D eigenvalue weighted by Crippen LogP contribution is 2.21. The van der Waals surface area contributed by atoms with Crippen LogP contribution in [0.25, 0.3) is 22.6 Å². The maximum Gasteiger partial charge on any atom is 0.355 e. The summed E-state index contributed by atoms with van der Waals surface area (Å²) in [6.07, 6.45) is 1.84. The molecule has 1 unspecified atom stereocenters. The van der Waals surface area contributed by atoms with Crippen molar-refractivity contribution in [3.63, 3.8) is 0 Å². The van der Waals surface area contributed by atoms with Crippen LogP contribution in [-0.4, -0.2) is 49.7 Å². The molecule has 5 rings (SSSR count). The van der Waals surface area contributed by atoms with E-state index in [4.69, 9.17) is 0 Å². The summed E-state index contributed by atoms with van der Waals surface area (Å²) in [4.78, 5) is 24.0. The van der Waals surface area contributed by atoms with Gasteiger partial charge < -0.3 is 10.2 Å². The van der Waals surface area contributed by atoms with E-state index in [0.29, 0.717) is 17.5 Å². The van der Waals surface area contributed by atoms with Crippen LogP contribution >= 0.6 is 0 Å². The Bertz CT molecular complexity index is 1290. The third kappa shape index (κ3) is 3.15. The van der Waals surface area contributed by atoms with Crippen molar-refractivity contribution in [3.05, 3.63) is 58.4 Å². The van der Waals surface area contributed by atoms with E-state index in [2.05, 4.69) is 32.2 Å². The lowest BCUT2D eigenvalue weighted by Gasteiger charge is -2.33. The summed E-state index contributed by atoms with van der Waals surface area (Å²) in [5.41, 5.74) is 4.97. The van der Waals surface area contributed by atoms with E-state index in [-0.39, 0.29) is 5.69 Å². The molecule has 8 heteroatoms. The number of hydrogen-bond donors (Lipinski definition) is 1. The molecule has 1 aliphatic rings. The van der Waals surface area contributed by atoms with Gasteiger partial charge in [-0.15, -0.1) is 0 Å². The fourth-order valence-corrected chi connectivity index (χ4v) is 4.01. The fraction of sp³-hybridized carbons (Fsp3) is 0.333. The molecule has 0 aliphatic carbocycles. The Labute approximate surface area is 167 Å². The number of nitrogens with zero attached hydrogens (tertiary/aromatic N) is 6. The highest BCUT2D eigenvalue weighted by Gasteiger charge is 2.17. The highest BCUT2D eigenvalue weighted by atomic mass is 16.1. The van der Waals surface area contributed by atoms with Gasteiger partial charge in [-0.2, -0.15) is 10.1 Å². The minimum atomic E-state index is -0.322. The lowest BCUT2D eigenvalue weighted by molar-refractivity contribution is 0.484. The number of aromatic nitrogens is 5. The van der Waals surface area contributed by atoms with Crippen molar-refractivity contribution < 1.29 is 0 Å². The Balaban J connectivity index is 1.58. The highest BCUT2D eigenvalue weighted by molar-refractivity contribution is 5.66. The molecule has 0 radical (unpaired) electrons. The number of rotatable bonds is 2. The average Bonchev–Trinajstić information content (AvgIpc) is 3.08. The average molecular weight is 389 g/mol. The molecule has 0 spiro atoms. The number of fused-ring (bicyclic) bond motifs is 2. The summed E-state index contributed by atoms with van der Waals surface area (Å²) in [6.45, 7) is 8.85. The molecule has 1 saturated heterocycles. The van der Waals surface area contributed by atoms with Crippen LogP contribution in [0.15, 0.2) is 41.3 Å². The number of pyridine rings is 2. The molecule has 1 aliphatic heterocycles. The van der Waals surface area contributed by atoms with Crippen LogP contribution < -0.4 is 15.9 Å². The van der Waals surface area contributed by atoms with Gasteiger partial charge in [0.1, 0.15) is 5.65 Å². The zero-order valence-electron chi connectivity index (χ0n) is 16.8. The van der Waals surface area contributed by atoms with E-state index >= 15 is 0 Å². The molecule has 5 heterocycles. The standard InChI is InChI=1S/C21H23N7O/c1-13-8-18-10-16(9-15(3)28(18)25-13)20-23-19-5-4-17(12-27(19)21(29)24-20)26-7-6-22-14(2)11-26/h4-5,8-10,12,14,22H,6-7,11H2,1-3H3. The van der Waals surface area contributed by atoms with Crippen LogP contribution in [0.2, 0.25) is 0 Å². The number of hydrogen-bond acceptors (Lipinski definition) is 6. The first-order valence-electron chi connectivity index (χ1n) is 9.84. The Morgan fingerprint density at radius 1 is 1.14 bits per heavy atom. The van der Waals surface area contributed by atoms with Crippen LogP contribution in [0.4, 0.5) is 5.69 Å². The summed E-state index contributed by atoms with van der Waals surface area (Å²) in [5, 5.41) is 7.91. The smallest absolute Gasteiger partial charge is 0.355 e. The topological polar surface area (TPSA) is 79.8 Å². The second-order valence-electron chi connectivity index (χ2n) is 7.75. The summed E-state index contributed by atoms with van der Waals surface area (Å²) in [7, 11) is 0. The van der Waals surface area contributed by atoms with Crippen LogP contribution in [0, 0.1) is 13.8 Å². The van der Waals surface area contributed by atoms with Gasteiger partial charge in [0.2, 0.25) is 0 Å². The predicted molar refractivity (Wildman–Crippen MR) is 113 cm³/mol. The lowest BCUT2D eigenvalue weighted by atomic mass is 10.2. The quantitative estimate of drug-likeness (QED) is 0.563. The molecule has 1 N–H and O–H groups in total. The number of nitrogens with one attached hydrogen (secondary N) is 1. The van der Waals surface area contributed by atoms with Gasteiger partial charge in [-0.1, -0.05) is 0 Å². The van der Waals surface area contributed by atoms with Crippen LogP contribution in [0.1, 0.15) is 18.3 Å². The largest absolute Gasteiger partial charge is 0.368 e. The first kappa shape index (κ1) is 17.8. The number of anilines is 1. The van der Waals surface area contributed by atoms with Gasteiger partial charge in [0.05, 0.1) is 16.9 Å². The molecule has 29 heavy (non-hydrogen) atoms. The van der Waals surface area contributed by atoms with Crippen molar-refractivity contribution in [1.82, 2.24) is 29.3 Å². The maximum atomic E-state index is 12.8. The van der Waals surface area contributed by atoms with Gasteiger partial charge in [-0.05, 0) is 51.1 Å². The summed E-state index contributed by atoms with van der Waals surface area (Å²) in [6, 6.07) is 10.3. The van der Waals surface area contributed by atoms with E-state index in [9.17, 15) is 4.79 Å². The fourth-order valence-electron chi connectivity index (χ4n) is 4.01. The third-order valence-electron chi connectivity index (χ3n) is 5.39. The SMILES string of the molecule is Cc1cc2cc(-c3nc(=O)n4cc(N5CCNC(C)C5)ccc4n3)cc(C)n2n1. The summed E-state index contributed by atoms with van der Waals surface area (Å²) in [5.74, 6) is 0.433. The maximum absolute atomic E-state index is 12.8. The van der Waals surface area contributed by atoms with E-state index in [0.717, 1.165) is 47.8 Å². The minimum Gasteiger partial charge on any atom is -0.368 e. The monoisotopic (exact) mass is 389 g/mol. The molecular formula is C21H23N7O. The Morgan fingerprint density at radius 3 is 2.83 bits per heavy atom. The molecule has 1 fully saturated rings. The van der Waals surface area contributed by atoms with E-state index < -0.39 is 0 Å². The zero-order valence-corrected chi connectivity index (χ0v) is 16.8. The van der Waals surface area contributed by atoms with Gasteiger partial charge in [0.25, 0.3) is 0 Å². The normalized spacial score (nSPS) is 17.3.